The van der Waals surface area contributed by atoms with Crippen molar-refractivity contribution in [3.8, 4) is 0 Å². The van der Waals surface area contributed by atoms with Gasteiger partial charge in [-0.25, -0.2) is 4.79 Å². The van der Waals surface area contributed by atoms with Gasteiger partial charge in [0.05, 0.1) is 5.75 Å². The molecule has 0 unspecified atom stereocenters. The number of hydrogen-bond acceptors (Lipinski definition) is 5. The molecule has 0 radical (unpaired) electrons. The Morgan fingerprint density at radius 3 is 2.38 bits per heavy atom. The van der Waals surface area contributed by atoms with Crippen molar-refractivity contribution in [2.45, 2.75) is 13.8 Å². The van der Waals surface area contributed by atoms with Crippen molar-refractivity contribution >= 4 is 16.1 Å². The molecule has 0 heterocycles. The summed E-state index contributed by atoms with van der Waals surface area (Å²) in [4.78, 5) is 10.8. The van der Waals surface area contributed by atoms with Gasteiger partial charge in [-0.2, -0.15) is 8.42 Å². The van der Waals surface area contributed by atoms with Crippen LogP contribution in [0.15, 0.2) is 11.6 Å². The van der Waals surface area contributed by atoms with E-state index in [2.05, 4.69) is 4.18 Å². The van der Waals surface area contributed by atoms with Gasteiger partial charge in [0, 0.05) is 12.6 Å². The van der Waals surface area contributed by atoms with Crippen molar-refractivity contribution < 1.29 is 17.4 Å². The van der Waals surface area contributed by atoms with Gasteiger partial charge in [-0.15, -0.1) is 0 Å². The zero-order valence-electron chi connectivity index (χ0n) is 7.61. The molecule has 0 spiro atoms. The molecule has 0 aromatic rings. The zero-order valence-corrected chi connectivity index (χ0v) is 8.43. The summed E-state index contributed by atoms with van der Waals surface area (Å²) in [7, 11) is -3.80. The predicted molar refractivity (Wildman–Crippen MR) is 48.4 cm³/mol. The first-order chi connectivity index (χ1) is 5.87. The molecule has 0 aromatic carbocycles. The first-order valence-corrected chi connectivity index (χ1v) is 5.26. The Bertz CT molecular complexity index is 300. The van der Waals surface area contributed by atoms with E-state index in [-0.39, 0.29) is 12.3 Å². The lowest BCUT2D eigenvalue weighted by Crippen LogP contribution is -2.20. The minimum Gasteiger partial charge on any atom is -0.342 e. The summed E-state index contributed by atoms with van der Waals surface area (Å²) < 4.78 is 25.9. The van der Waals surface area contributed by atoms with E-state index in [4.69, 9.17) is 5.73 Å². The van der Waals surface area contributed by atoms with E-state index in [9.17, 15) is 13.2 Å². The van der Waals surface area contributed by atoms with Gasteiger partial charge in [-0.3, -0.25) is 0 Å². The van der Waals surface area contributed by atoms with Crippen LogP contribution >= 0.6 is 0 Å². The molecule has 0 rings (SSSR count). The highest BCUT2D eigenvalue weighted by atomic mass is 32.2. The monoisotopic (exact) mass is 207 g/mol. The van der Waals surface area contributed by atoms with E-state index >= 15 is 0 Å². The Morgan fingerprint density at radius 2 is 2.00 bits per heavy atom. The number of allylic oxidation sites excluding steroid dienone is 1. The first-order valence-electron chi connectivity index (χ1n) is 3.68. The average molecular weight is 207 g/mol. The molecule has 0 aliphatic rings. The van der Waals surface area contributed by atoms with Crippen LogP contribution in [-0.4, -0.2) is 26.7 Å². The summed E-state index contributed by atoms with van der Waals surface area (Å²) in [5.74, 6) is -1.23. The number of hydrogen-bond donors (Lipinski definition) is 1. The maximum Gasteiger partial charge on any atom is 0.346 e. The zero-order chi connectivity index (χ0) is 10.5. The maximum atomic E-state index is 10.9. The van der Waals surface area contributed by atoms with E-state index in [1.807, 2.05) is 0 Å². The van der Waals surface area contributed by atoms with Gasteiger partial charge >= 0.3 is 16.1 Å². The van der Waals surface area contributed by atoms with Crippen LogP contribution in [0, 0.1) is 0 Å². The third-order valence-corrected chi connectivity index (χ3v) is 2.14. The van der Waals surface area contributed by atoms with Gasteiger partial charge < -0.3 is 9.92 Å². The smallest absolute Gasteiger partial charge is 0.342 e. The summed E-state index contributed by atoms with van der Waals surface area (Å²) in [6.07, 6.45) is 1.11. The Morgan fingerprint density at radius 1 is 1.46 bits per heavy atom. The maximum absolute atomic E-state index is 10.9. The molecule has 0 amide bonds. The van der Waals surface area contributed by atoms with Crippen molar-refractivity contribution in [3.63, 3.8) is 0 Å². The molecule has 0 fully saturated rings. The first kappa shape index (κ1) is 12.1. The highest BCUT2D eigenvalue weighted by Crippen LogP contribution is 1.97. The van der Waals surface area contributed by atoms with E-state index in [0.717, 1.165) is 6.08 Å². The molecule has 0 aliphatic heterocycles. The second-order valence-electron chi connectivity index (χ2n) is 2.67. The van der Waals surface area contributed by atoms with Crippen LogP contribution in [0.1, 0.15) is 13.8 Å². The molecule has 6 heteroatoms. The SMILES string of the molecule is CC(C)=CC(=O)OS(=O)(=O)CCN. The lowest BCUT2D eigenvalue weighted by Gasteiger charge is -2.00. The Hall–Kier alpha value is -0.880. The molecule has 0 aromatic heterocycles. The Labute approximate surface area is 77.7 Å². The highest BCUT2D eigenvalue weighted by Gasteiger charge is 2.13. The molecule has 0 atom stereocenters. The molecule has 76 valence electrons. The van der Waals surface area contributed by atoms with Crippen molar-refractivity contribution in [1.29, 1.82) is 0 Å². The molecular weight excluding hydrogens is 194 g/mol. The van der Waals surface area contributed by atoms with Crippen molar-refractivity contribution in [1.82, 2.24) is 0 Å². The summed E-state index contributed by atoms with van der Waals surface area (Å²) in [5.41, 5.74) is 5.68. The molecular formula is C7H13NO4S. The molecule has 0 bridgehead atoms. The number of rotatable bonds is 4. The van der Waals surface area contributed by atoms with E-state index in [1.54, 1.807) is 13.8 Å². The predicted octanol–water partition coefficient (Wildman–Crippen LogP) is -0.216. The minimum absolute atomic E-state index is 0.0650. The van der Waals surface area contributed by atoms with Gasteiger partial charge in [-0.1, -0.05) is 5.57 Å². The fraction of sp³-hybridized carbons (Fsp3) is 0.571. The van der Waals surface area contributed by atoms with Crippen LogP contribution < -0.4 is 5.73 Å². The summed E-state index contributed by atoms with van der Waals surface area (Å²) in [5, 5.41) is 0. The summed E-state index contributed by atoms with van der Waals surface area (Å²) in [6, 6.07) is 0. The van der Waals surface area contributed by atoms with Crippen molar-refractivity contribution in [2.75, 3.05) is 12.3 Å². The summed E-state index contributed by atoms with van der Waals surface area (Å²) >= 11 is 0. The minimum atomic E-state index is -3.80. The summed E-state index contributed by atoms with van der Waals surface area (Å²) in [6.45, 7) is 3.26. The van der Waals surface area contributed by atoms with E-state index < -0.39 is 16.1 Å². The molecule has 0 aliphatic carbocycles. The third kappa shape index (κ3) is 6.30. The van der Waals surface area contributed by atoms with Gasteiger partial charge in [0.1, 0.15) is 0 Å². The second kappa shape index (κ2) is 4.98. The van der Waals surface area contributed by atoms with Crippen molar-refractivity contribution in [2.24, 2.45) is 5.73 Å². The Kier molecular flexibility index (Phi) is 4.64. The average Bonchev–Trinajstić information content (AvgIpc) is 1.81. The number of carbonyl (C=O) groups is 1. The fourth-order valence-electron chi connectivity index (χ4n) is 0.571. The van der Waals surface area contributed by atoms with Crippen molar-refractivity contribution in [3.05, 3.63) is 11.6 Å². The normalized spacial score (nSPS) is 10.7. The van der Waals surface area contributed by atoms with E-state index in [1.165, 1.54) is 0 Å². The highest BCUT2D eigenvalue weighted by molar-refractivity contribution is 7.87. The fourth-order valence-corrected chi connectivity index (χ4v) is 1.24. The topological polar surface area (TPSA) is 86.5 Å². The van der Waals surface area contributed by atoms with E-state index in [0.29, 0.717) is 5.57 Å². The van der Waals surface area contributed by atoms with Gasteiger partial charge in [0.2, 0.25) is 0 Å². The van der Waals surface area contributed by atoms with Crippen LogP contribution in [0.25, 0.3) is 0 Å². The molecule has 5 nitrogen and oxygen atoms in total. The van der Waals surface area contributed by atoms with Gasteiger partial charge in [0.15, 0.2) is 0 Å². The van der Waals surface area contributed by atoms with Gasteiger partial charge in [-0.05, 0) is 13.8 Å². The lowest BCUT2D eigenvalue weighted by atomic mass is 10.3. The van der Waals surface area contributed by atoms with Gasteiger partial charge in [0.25, 0.3) is 0 Å². The van der Waals surface area contributed by atoms with Crippen LogP contribution in [0.4, 0.5) is 0 Å². The molecule has 2 N–H and O–H groups in total. The molecule has 0 saturated carbocycles. The quantitative estimate of drug-likeness (QED) is 0.509. The lowest BCUT2D eigenvalue weighted by molar-refractivity contribution is -0.128. The molecule has 13 heavy (non-hydrogen) atoms. The standard InChI is InChI=1S/C7H13NO4S/c1-6(2)5-7(9)12-13(10,11)4-3-8/h5H,3-4,8H2,1-2H3. The second-order valence-corrected chi connectivity index (χ2v) is 4.36. The largest absolute Gasteiger partial charge is 0.346 e. The number of nitrogens with two attached hydrogens (primary N) is 1. The third-order valence-electron chi connectivity index (χ3n) is 0.983. The number of carbonyl (C=O) groups excluding carboxylic acids is 1. The van der Waals surface area contributed by atoms with Crippen LogP contribution in [-0.2, 0) is 19.1 Å². The molecule has 0 saturated heterocycles. The van der Waals surface area contributed by atoms with Crippen LogP contribution in [0.5, 0.6) is 0 Å². The Balaban J connectivity index is 4.30. The van der Waals surface area contributed by atoms with Crippen LogP contribution in [0.2, 0.25) is 0 Å². The van der Waals surface area contributed by atoms with Crippen LogP contribution in [0.3, 0.4) is 0 Å².